The van der Waals surface area contributed by atoms with Crippen LogP contribution in [0.2, 0.25) is 0 Å². The fraction of sp³-hybridized carbons (Fsp3) is 0.692. The van der Waals surface area contributed by atoms with Gasteiger partial charge in [-0.2, -0.15) is 5.10 Å². The molecule has 110 valence electrons. The van der Waals surface area contributed by atoms with Crippen LogP contribution in [0.5, 0.6) is 0 Å². The summed E-state index contributed by atoms with van der Waals surface area (Å²) in [7, 11) is 3.55. The maximum atomic E-state index is 11.9. The maximum absolute atomic E-state index is 11.9. The lowest BCUT2D eigenvalue weighted by molar-refractivity contribution is 0.0645. The third-order valence-corrected chi connectivity index (χ3v) is 4.04. The molecule has 0 unspecified atom stereocenters. The number of aromatic nitrogens is 2. The van der Waals surface area contributed by atoms with Crippen LogP contribution in [0, 0.1) is 0 Å². The summed E-state index contributed by atoms with van der Waals surface area (Å²) in [5, 5.41) is 4.40. The van der Waals surface area contributed by atoms with Gasteiger partial charge in [0.2, 0.25) is 0 Å². The molecule has 0 aliphatic carbocycles. The van der Waals surface area contributed by atoms with Gasteiger partial charge in [0.25, 0.3) is 0 Å². The second kappa shape index (κ2) is 5.41. The fourth-order valence-corrected chi connectivity index (χ4v) is 2.67. The molecule has 0 radical (unpaired) electrons. The van der Waals surface area contributed by atoms with Crippen LogP contribution in [0.3, 0.4) is 0 Å². The number of rotatable bonds is 5. The van der Waals surface area contributed by atoms with Crippen LogP contribution in [0.25, 0.3) is 0 Å². The first-order valence-corrected chi connectivity index (χ1v) is 6.97. The first-order valence-electron chi connectivity index (χ1n) is 6.97. The molecule has 2 fully saturated rings. The van der Waals surface area contributed by atoms with Gasteiger partial charge >= 0.3 is 6.03 Å². The number of nitrogens with zero attached hydrogens (tertiary/aromatic N) is 5. The van der Waals surface area contributed by atoms with Crippen LogP contribution in [0.15, 0.2) is 12.4 Å². The van der Waals surface area contributed by atoms with Gasteiger partial charge in [0.1, 0.15) is 0 Å². The van der Waals surface area contributed by atoms with Gasteiger partial charge < -0.3 is 9.64 Å². The summed E-state index contributed by atoms with van der Waals surface area (Å²) in [5.41, 5.74) is 0.898. The van der Waals surface area contributed by atoms with Crippen LogP contribution in [0.4, 0.5) is 10.5 Å². The number of urea groups is 1. The molecule has 1 aromatic rings. The number of likely N-dealkylation sites (tertiary alicyclic amines) is 1. The third-order valence-electron chi connectivity index (χ3n) is 4.04. The fourth-order valence-electron chi connectivity index (χ4n) is 2.67. The molecule has 0 spiro atoms. The van der Waals surface area contributed by atoms with Gasteiger partial charge in [0, 0.05) is 53.1 Å². The second-order valence-corrected chi connectivity index (χ2v) is 5.44. The van der Waals surface area contributed by atoms with Crippen LogP contribution < -0.4 is 4.90 Å². The van der Waals surface area contributed by atoms with E-state index >= 15 is 0 Å². The van der Waals surface area contributed by atoms with Crippen molar-refractivity contribution in [3.8, 4) is 0 Å². The van der Waals surface area contributed by atoms with Gasteiger partial charge in [0.15, 0.2) is 0 Å². The van der Waals surface area contributed by atoms with E-state index in [4.69, 9.17) is 4.74 Å². The molecule has 7 heteroatoms. The first-order chi connectivity index (χ1) is 9.69. The van der Waals surface area contributed by atoms with Crippen molar-refractivity contribution < 1.29 is 9.53 Å². The summed E-state index contributed by atoms with van der Waals surface area (Å²) in [6.07, 6.45) is 3.77. The van der Waals surface area contributed by atoms with Crippen molar-refractivity contribution in [1.82, 2.24) is 19.6 Å². The number of likely N-dealkylation sites (N-methyl/N-ethyl adjacent to an activating group) is 1. The zero-order chi connectivity index (χ0) is 14.1. The number of methoxy groups -OCH3 is 1. The van der Waals surface area contributed by atoms with Gasteiger partial charge in [-0.15, -0.1) is 0 Å². The highest BCUT2D eigenvalue weighted by atomic mass is 16.5. The molecule has 2 aliphatic rings. The van der Waals surface area contributed by atoms with Crippen LogP contribution in [-0.4, -0.2) is 79.1 Å². The van der Waals surface area contributed by atoms with E-state index in [0.29, 0.717) is 6.04 Å². The number of ether oxygens (including phenoxy) is 1. The highest BCUT2D eigenvalue weighted by molar-refractivity contribution is 5.93. The van der Waals surface area contributed by atoms with E-state index in [2.05, 4.69) is 10.00 Å². The summed E-state index contributed by atoms with van der Waals surface area (Å²) in [5.74, 6) is 0. The molecule has 0 atom stereocenters. The lowest BCUT2D eigenvalue weighted by Gasteiger charge is -2.38. The molecule has 20 heavy (non-hydrogen) atoms. The molecular formula is C13H21N5O2. The molecule has 7 nitrogen and oxygen atoms in total. The Bertz CT molecular complexity index is 483. The topological polar surface area (TPSA) is 53.8 Å². The van der Waals surface area contributed by atoms with Crippen molar-refractivity contribution >= 4 is 11.7 Å². The van der Waals surface area contributed by atoms with Crippen molar-refractivity contribution in [2.45, 2.75) is 6.04 Å². The summed E-state index contributed by atoms with van der Waals surface area (Å²) >= 11 is 0. The zero-order valence-corrected chi connectivity index (χ0v) is 12.0. The summed E-state index contributed by atoms with van der Waals surface area (Å²) in [6.45, 7) is 5.25. The van der Waals surface area contributed by atoms with Crippen LogP contribution in [0.1, 0.15) is 6.04 Å². The normalized spacial score (nSPS) is 20.8. The lowest BCUT2D eigenvalue weighted by Crippen LogP contribution is -2.48. The summed E-state index contributed by atoms with van der Waals surface area (Å²) in [6, 6.07) is 0.468. The lowest BCUT2D eigenvalue weighted by atomic mass is 10.1. The highest BCUT2D eigenvalue weighted by Gasteiger charge is 2.31. The molecule has 2 amide bonds. The maximum Gasteiger partial charge on any atom is 0.324 e. The zero-order valence-electron chi connectivity index (χ0n) is 12.0. The smallest absolute Gasteiger partial charge is 0.324 e. The molecule has 0 saturated carbocycles. The molecule has 0 aromatic carbocycles. The minimum absolute atomic E-state index is 0.0554. The molecule has 2 saturated heterocycles. The molecule has 3 heterocycles. The quantitative estimate of drug-likeness (QED) is 0.776. The van der Waals surface area contributed by atoms with Crippen LogP contribution in [-0.2, 0) is 4.74 Å². The van der Waals surface area contributed by atoms with Gasteiger partial charge in [-0.25, -0.2) is 4.79 Å². The Morgan fingerprint density at radius 3 is 2.85 bits per heavy atom. The Balaban J connectivity index is 1.57. The van der Waals surface area contributed by atoms with Gasteiger partial charge in [-0.05, 0) is 0 Å². The number of carbonyl (C=O) groups excluding carboxylic acids is 1. The molecule has 2 aliphatic heterocycles. The van der Waals surface area contributed by atoms with Gasteiger partial charge in [-0.1, -0.05) is 0 Å². The second-order valence-electron chi connectivity index (χ2n) is 5.44. The van der Waals surface area contributed by atoms with Crippen LogP contribution >= 0.6 is 0 Å². The number of carbonyl (C=O) groups is 1. The van der Waals surface area contributed by atoms with E-state index in [1.54, 1.807) is 23.1 Å². The van der Waals surface area contributed by atoms with E-state index in [1.165, 1.54) is 0 Å². The van der Waals surface area contributed by atoms with E-state index in [0.717, 1.165) is 45.0 Å². The van der Waals surface area contributed by atoms with Crippen molar-refractivity contribution in [3.63, 3.8) is 0 Å². The van der Waals surface area contributed by atoms with Gasteiger partial charge in [0.05, 0.1) is 24.5 Å². The number of hydrogen-bond acceptors (Lipinski definition) is 4. The average Bonchev–Trinajstić information content (AvgIpc) is 2.97. The Morgan fingerprint density at radius 2 is 2.20 bits per heavy atom. The summed E-state index contributed by atoms with van der Waals surface area (Å²) in [4.78, 5) is 17.8. The predicted octanol–water partition coefficient (Wildman–Crippen LogP) is 0.258. The van der Waals surface area contributed by atoms with E-state index in [1.807, 2.05) is 17.9 Å². The molecular weight excluding hydrogens is 258 g/mol. The van der Waals surface area contributed by atoms with Crippen molar-refractivity contribution in [1.29, 1.82) is 0 Å². The number of hydrogen-bond donors (Lipinski definition) is 0. The monoisotopic (exact) mass is 279 g/mol. The standard InChI is InChI=1S/C13H21N5O2/c1-15-3-4-17(13(15)19)11-7-14-18(10-11)12-8-16(9-12)5-6-20-2/h7,10,12H,3-6,8-9H2,1-2H3. The van der Waals surface area contributed by atoms with E-state index in [-0.39, 0.29) is 6.03 Å². The highest BCUT2D eigenvalue weighted by Crippen LogP contribution is 2.24. The van der Waals surface area contributed by atoms with Gasteiger partial charge in [-0.3, -0.25) is 14.5 Å². The summed E-state index contributed by atoms with van der Waals surface area (Å²) < 4.78 is 7.05. The third kappa shape index (κ3) is 2.38. The Hall–Kier alpha value is -1.60. The van der Waals surface area contributed by atoms with Crippen molar-refractivity contribution in [2.24, 2.45) is 0 Å². The average molecular weight is 279 g/mol. The minimum Gasteiger partial charge on any atom is -0.383 e. The SMILES string of the molecule is COCCN1CC(n2cc(N3CCN(C)C3=O)cn2)C1. The number of amides is 2. The Morgan fingerprint density at radius 1 is 1.40 bits per heavy atom. The van der Waals surface area contributed by atoms with Crippen molar-refractivity contribution in [2.75, 3.05) is 58.4 Å². The van der Waals surface area contributed by atoms with Crippen molar-refractivity contribution in [3.05, 3.63) is 12.4 Å². The largest absolute Gasteiger partial charge is 0.383 e. The molecule has 0 N–H and O–H groups in total. The predicted molar refractivity (Wildman–Crippen MR) is 75.0 cm³/mol. The molecule has 0 bridgehead atoms. The van der Waals surface area contributed by atoms with E-state index < -0.39 is 0 Å². The number of anilines is 1. The Kier molecular flexibility index (Phi) is 3.62. The molecule has 1 aromatic heterocycles. The first kappa shape index (κ1) is 13.4. The van der Waals surface area contributed by atoms with E-state index in [9.17, 15) is 4.79 Å². The molecule has 3 rings (SSSR count). The minimum atomic E-state index is 0.0554. The Labute approximate surface area is 118 Å².